The zero-order valence-electron chi connectivity index (χ0n) is 13.5. The lowest BCUT2D eigenvalue weighted by Gasteiger charge is -2.26. The molecule has 1 aliphatic rings. The van der Waals surface area contributed by atoms with Crippen molar-refractivity contribution in [2.24, 2.45) is 0 Å². The van der Waals surface area contributed by atoms with Crippen LogP contribution in [0, 0.1) is 6.92 Å². The van der Waals surface area contributed by atoms with E-state index in [0.29, 0.717) is 6.54 Å². The summed E-state index contributed by atoms with van der Waals surface area (Å²) < 4.78 is 11.0. The maximum absolute atomic E-state index is 12.0. The van der Waals surface area contributed by atoms with E-state index in [-0.39, 0.29) is 5.91 Å². The van der Waals surface area contributed by atoms with Crippen LogP contribution in [0.25, 0.3) is 0 Å². The lowest BCUT2D eigenvalue weighted by atomic mass is 10.2. The van der Waals surface area contributed by atoms with Crippen molar-refractivity contribution in [3.8, 4) is 5.75 Å². The number of nitrogens with zero attached hydrogens (tertiary/aromatic N) is 1. The first-order valence-corrected chi connectivity index (χ1v) is 7.96. The third-order valence-corrected chi connectivity index (χ3v) is 3.73. The molecule has 1 aromatic carbocycles. The largest absolute Gasteiger partial charge is 0.481 e. The minimum absolute atomic E-state index is 0.0662. The van der Waals surface area contributed by atoms with Crippen LogP contribution >= 0.6 is 0 Å². The van der Waals surface area contributed by atoms with Crippen molar-refractivity contribution in [3.63, 3.8) is 0 Å². The molecule has 1 aromatic rings. The number of rotatable bonds is 7. The average molecular weight is 306 g/mol. The average Bonchev–Trinajstić information content (AvgIpc) is 2.52. The third kappa shape index (κ3) is 5.66. The van der Waals surface area contributed by atoms with Gasteiger partial charge < -0.3 is 14.8 Å². The van der Waals surface area contributed by atoms with Gasteiger partial charge in [-0.15, -0.1) is 0 Å². The minimum Gasteiger partial charge on any atom is -0.481 e. The van der Waals surface area contributed by atoms with E-state index in [0.717, 1.165) is 50.6 Å². The highest BCUT2D eigenvalue weighted by atomic mass is 16.5. The molecule has 1 fully saturated rings. The molecule has 0 aliphatic carbocycles. The van der Waals surface area contributed by atoms with E-state index in [2.05, 4.69) is 10.2 Å². The summed E-state index contributed by atoms with van der Waals surface area (Å²) in [6, 6.07) is 7.73. The molecule has 1 aliphatic heterocycles. The Kier molecular flexibility index (Phi) is 6.68. The van der Waals surface area contributed by atoms with Gasteiger partial charge >= 0.3 is 0 Å². The van der Waals surface area contributed by atoms with Gasteiger partial charge in [-0.3, -0.25) is 9.69 Å². The van der Waals surface area contributed by atoms with Crippen molar-refractivity contribution < 1.29 is 14.3 Å². The first-order valence-electron chi connectivity index (χ1n) is 7.96. The summed E-state index contributed by atoms with van der Waals surface area (Å²) in [5.74, 6) is 0.666. The Labute approximate surface area is 132 Å². The molecule has 0 spiro atoms. The van der Waals surface area contributed by atoms with Crippen LogP contribution < -0.4 is 10.1 Å². The quantitative estimate of drug-likeness (QED) is 0.778. The van der Waals surface area contributed by atoms with Crippen LogP contribution in [0.1, 0.15) is 18.9 Å². The fourth-order valence-corrected chi connectivity index (χ4v) is 2.43. The maximum atomic E-state index is 12.0. The highest BCUT2D eigenvalue weighted by molar-refractivity contribution is 5.80. The number of hydrogen-bond acceptors (Lipinski definition) is 4. The molecule has 1 heterocycles. The Morgan fingerprint density at radius 1 is 1.41 bits per heavy atom. The zero-order chi connectivity index (χ0) is 15.8. The van der Waals surface area contributed by atoms with E-state index < -0.39 is 6.10 Å². The molecule has 2 rings (SSSR count). The van der Waals surface area contributed by atoms with Gasteiger partial charge in [-0.1, -0.05) is 12.1 Å². The minimum atomic E-state index is -0.481. The smallest absolute Gasteiger partial charge is 0.260 e. The number of carbonyl (C=O) groups excluding carboxylic acids is 1. The second-order valence-electron chi connectivity index (χ2n) is 5.68. The molecule has 22 heavy (non-hydrogen) atoms. The van der Waals surface area contributed by atoms with Gasteiger partial charge in [0, 0.05) is 19.6 Å². The number of nitrogens with one attached hydrogen (secondary N) is 1. The van der Waals surface area contributed by atoms with Crippen molar-refractivity contribution in [3.05, 3.63) is 29.8 Å². The van der Waals surface area contributed by atoms with Gasteiger partial charge in [0.25, 0.3) is 5.91 Å². The highest BCUT2D eigenvalue weighted by Crippen LogP contribution is 2.14. The van der Waals surface area contributed by atoms with Gasteiger partial charge in [0.05, 0.1) is 13.2 Å². The molecule has 1 saturated heterocycles. The first-order chi connectivity index (χ1) is 10.6. The predicted octanol–water partition coefficient (Wildman–Crippen LogP) is 1.60. The molecule has 1 atom stereocenters. The van der Waals surface area contributed by atoms with Crippen molar-refractivity contribution in [1.29, 1.82) is 0 Å². The summed E-state index contributed by atoms with van der Waals surface area (Å²) >= 11 is 0. The predicted molar refractivity (Wildman–Crippen MR) is 86.2 cm³/mol. The summed E-state index contributed by atoms with van der Waals surface area (Å²) in [6.07, 6.45) is 0.466. The topological polar surface area (TPSA) is 50.8 Å². The van der Waals surface area contributed by atoms with Crippen LogP contribution in [0.2, 0.25) is 0 Å². The van der Waals surface area contributed by atoms with Gasteiger partial charge in [-0.05, 0) is 44.5 Å². The van der Waals surface area contributed by atoms with Gasteiger partial charge in [0.1, 0.15) is 5.75 Å². The standard InChI is InChI=1S/C17H26N2O3/c1-14-5-3-6-16(13-14)22-15(2)17(20)18-7-4-8-19-9-11-21-12-10-19/h3,5-6,13,15H,4,7-12H2,1-2H3,(H,18,20)/t15-/m1/s1. The molecule has 0 bridgehead atoms. The van der Waals surface area contributed by atoms with E-state index >= 15 is 0 Å². The Balaban J connectivity index is 1.63. The summed E-state index contributed by atoms with van der Waals surface area (Å²) in [5.41, 5.74) is 1.12. The fourth-order valence-electron chi connectivity index (χ4n) is 2.43. The first kappa shape index (κ1) is 16.8. The van der Waals surface area contributed by atoms with E-state index in [1.165, 1.54) is 0 Å². The van der Waals surface area contributed by atoms with E-state index in [4.69, 9.17) is 9.47 Å². The molecule has 0 aromatic heterocycles. The second kappa shape index (κ2) is 8.76. The molecular formula is C17H26N2O3. The monoisotopic (exact) mass is 306 g/mol. The molecular weight excluding hydrogens is 280 g/mol. The van der Waals surface area contributed by atoms with Crippen molar-refractivity contribution in [1.82, 2.24) is 10.2 Å². The molecule has 1 amide bonds. The number of hydrogen-bond donors (Lipinski definition) is 1. The number of carbonyl (C=O) groups is 1. The van der Waals surface area contributed by atoms with Gasteiger partial charge in [0.15, 0.2) is 6.10 Å². The Bertz CT molecular complexity index is 473. The van der Waals surface area contributed by atoms with Gasteiger partial charge in [-0.25, -0.2) is 0 Å². The lowest BCUT2D eigenvalue weighted by molar-refractivity contribution is -0.127. The molecule has 0 radical (unpaired) electrons. The summed E-state index contributed by atoms with van der Waals surface area (Å²) in [5, 5.41) is 2.94. The van der Waals surface area contributed by atoms with Crippen LogP contribution in [0.4, 0.5) is 0 Å². The normalized spacial score (nSPS) is 17.0. The Hall–Kier alpha value is -1.59. The number of morpholine rings is 1. The Morgan fingerprint density at radius 2 is 2.18 bits per heavy atom. The van der Waals surface area contributed by atoms with Crippen LogP contribution in [-0.4, -0.2) is 56.3 Å². The highest BCUT2D eigenvalue weighted by Gasteiger charge is 2.14. The van der Waals surface area contributed by atoms with Crippen molar-refractivity contribution in [2.45, 2.75) is 26.4 Å². The summed E-state index contributed by atoms with van der Waals surface area (Å²) in [7, 11) is 0. The van der Waals surface area contributed by atoms with Crippen LogP contribution in [0.15, 0.2) is 24.3 Å². The van der Waals surface area contributed by atoms with E-state index in [1.54, 1.807) is 6.92 Å². The SMILES string of the molecule is Cc1cccc(O[C@H](C)C(=O)NCCCN2CCOCC2)c1. The molecule has 0 unspecified atom stereocenters. The number of amides is 1. The molecule has 1 N–H and O–H groups in total. The fraction of sp³-hybridized carbons (Fsp3) is 0.588. The number of benzene rings is 1. The van der Waals surface area contributed by atoms with Gasteiger partial charge in [-0.2, -0.15) is 0 Å². The number of ether oxygens (including phenoxy) is 2. The van der Waals surface area contributed by atoms with E-state index in [1.807, 2.05) is 31.2 Å². The van der Waals surface area contributed by atoms with Crippen LogP contribution in [-0.2, 0) is 9.53 Å². The van der Waals surface area contributed by atoms with Crippen molar-refractivity contribution in [2.75, 3.05) is 39.4 Å². The summed E-state index contributed by atoms with van der Waals surface area (Å²) in [4.78, 5) is 14.4. The Morgan fingerprint density at radius 3 is 2.91 bits per heavy atom. The van der Waals surface area contributed by atoms with Crippen molar-refractivity contribution >= 4 is 5.91 Å². The summed E-state index contributed by atoms with van der Waals surface area (Å²) in [6.45, 7) is 9.06. The zero-order valence-corrected chi connectivity index (χ0v) is 13.5. The van der Waals surface area contributed by atoms with Crippen LogP contribution in [0.3, 0.4) is 0 Å². The molecule has 5 nitrogen and oxygen atoms in total. The van der Waals surface area contributed by atoms with E-state index in [9.17, 15) is 4.79 Å². The molecule has 5 heteroatoms. The lowest BCUT2D eigenvalue weighted by Crippen LogP contribution is -2.40. The van der Waals surface area contributed by atoms with Crippen LogP contribution in [0.5, 0.6) is 5.75 Å². The third-order valence-electron chi connectivity index (χ3n) is 3.73. The maximum Gasteiger partial charge on any atom is 0.260 e. The second-order valence-corrected chi connectivity index (χ2v) is 5.68. The molecule has 0 saturated carbocycles. The van der Waals surface area contributed by atoms with Gasteiger partial charge in [0.2, 0.25) is 0 Å². The number of aryl methyl sites for hydroxylation is 1. The molecule has 122 valence electrons.